The molecule has 15 heavy (non-hydrogen) atoms. The Morgan fingerprint density at radius 2 is 2.13 bits per heavy atom. The van der Waals surface area contributed by atoms with Crippen LogP contribution < -0.4 is 5.32 Å². The summed E-state index contributed by atoms with van der Waals surface area (Å²) in [6.45, 7) is 4.15. The Morgan fingerprint density at radius 1 is 1.47 bits per heavy atom. The molecule has 0 heterocycles. The van der Waals surface area contributed by atoms with Crippen molar-refractivity contribution < 1.29 is 4.79 Å². The summed E-state index contributed by atoms with van der Waals surface area (Å²) >= 11 is 3.44. The summed E-state index contributed by atoms with van der Waals surface area (Å²) in [5.74, 6) is 0.0694. The summed E-state index contributed by atoms with van der Waals surface area (Å²) in [6.07, 6.45) is 0.500. The average Bonchev–Trinajstić information content (AvgIpc) is 2.17. The van der Waals surface area contributed by atoms with Crippen molar-refractivity contribution in [2.24, 2.45) is 0 Å². The summed E-state index contributed by atoms with van der Waals surface area (Å²) < 4.78 is 1.05. The van der Waals surface area contributed by atoms with Crippen molar-refractivity contribution in [3.05, 3.63) is 34.3 Å². The predicted octanol–water partition coefficient (Wildman–Crippen LogP) is 2.86. The highest BCUT2D eigenvalue weighted by Crippen LogP contribution is 2.28. The molecule has 0 aliphatic rings. The molecule has 0 bridgehead atoms. The van der Waals surface area contributed by atoms with Crippen molar-refractivity contribution in [3.63, 3.8) is 0 Å². The van der Waals surface area contributed by atoms with Gasteiger partial charge in [0.25, 0.3) is 0 Å². The Balaban J connectivity index is 2.90. The van der Waals surface area contributed by atoms with E-state index in [1.165, 1.54) is 5.56 Å². The fourth-order valence-corrected chi connectivity index (χ4v) is 1.90. The van der Waals surface area contributed by atoms with E-state index in [1.807, 2.05) is 18.2 Å². The van der Waals surface area contributed by atoms with E-state index in [1.54, 1.807) is 7.05 Å². The number of rotatable bonds is 3. The highest BCUT2D eigenvalue weighted by molar-refractivity contribution is 9.10. The normalized spacial score (nSPS) is 11.2. The van der Waals surface area contributed by atoms with Crippen LogP contribution in [0.3, 0.4) is 0 Å². The first-order valence-corrected chi connectivity index (χ1v) is 5.71. The van der Waals surface area contributed by atoms with Gasteiger partial charge in [-0.3, -0.25) is 4.79 Å². The van der Waals surface area contributed by atoms with Crippen LogP contribution in [0.2, 0.25) is 0 Å². The fraction of sp³-hybridized carbons (Fsp3) is 0.417. The lowest BCUT2D eigenvalue weighted by atomic mass is 9.81. The van der Waals surface area contributed by atoms with Gasteiger partial charge in [-0.15, -0.1) is 0 Å². The standard InChI is InChI=1S/C12H16BrNO/c1-12(2,8-11(15)14-3)9-5-4-6-10(13)7-9/h4-7H,8H2,1-3H3,(H,14,15). The minimum absolute atomic E-state index is 0.0694. The van der Waals surface area contributed by atoms with Crippen molar-refractivity contribution in [2.45, 2.75) is 25.7 Å². The van der Waals surface area contributed by atoms with Gasteiger partial charge >= 0.3 is 0 Å². The van der Waals surface area contributed by atoms with Crippen LogP contribution in [0.25, 0.3) is 0 Å². The van der Waals surface area contributed by atoms with Crippen LogP contribution in [0, 0.1) is 0 Å². The van der Waals surface area contributed by atoms with Crippen molar-refractivity contribution in [1.29, 1.82) is 0 Å². The van der Waals surface area contributed by atoms with Crippen LogP contribution in [0.5, 0.6) is 0 Å². The molecule has 0 aliphatic heterocycles. The largest absolute Gasteiger partial charge is 0.359 e. The van der Waals surface area contributed by atoms with Gasteiger partial charge in [-0.25, -0.2) is 0 Å². The molecular weight excluding hydrogens is 254 g/mol. The van der Waals surface area contributed by atoms with Gasteiger partial charge < -0.3 is 5.32 Å². The Bertz CT molecular complexity index is 360. The van der Waals surface area contributed by atoms with E-state index < -0.39 is 0 Å². The van der Waals surface area contributed by atoms with Crippen molar-refractivity contribution in [3.8, 4) is 0 Å². The van der Waals surface area contributed by atoms with Crippen LogP contribution >= 0.6 is 15.9 Å². The monoisotopic (exact) mass is 269 g/mol. The van der Waals surface area contributed by atoms with E-state index >= 15 is 0 Å². The number of hydrogen-bond donors (Lipinski definition) is 1. The second-order valence-corrected chi connectivity index (χ2v) is 5.16. The van der Waals surface area contributed by atoms with Gasteiger partial charge in [-0.05, 0) is 23.1 Å². The number of nitrogens with one attached hydrogen (secondary N) is 1. The summed E-state index contributed by atoms with van der Waals surface area (Å²) in [4.78, 5) is 11.4. The van der Waals surface area contributed by atoms with Crippen LogP contribution in [-0.4, -0.2) is 13.0 Å². The molecule has 0 aliphatic carbocycles. The van der Waals surface area contributed by atoms with Gasteiger partial charge in [0.05, 0.1) is 0 Å². The zero-order valence-corrected chi connectivity index (χ0v) is 10.9. The quantitative estimate of drug-likeness (QED) is 0.899. The molecule has 0 saturated carbocycles. The predicted molar refractivity (Wildman–Crippen MR) is 65.9 cm³/mol. The lowest BCUT2D eigenvalue weighted by Gasteiger charge is -2.24. The van der Waals surface area contributed by atoms with Crippen LogP contribution in [0.1, 0.15) is 25.8 Å². The fourth-order valence-electron chi connectivity index (χ4n) is 1.50. The van der Waals surface area contributed by atoms with Crippen LogP contribution in [-0.2, 0) is 10.2 Å². The number of amides is 1. The molecule has 1 aromatic carbocycles. The smallest absolute Gasteiger partial charge is 0.220 e. The molecule has 0 saturated heterocycles. The van der Waals surface area contributed by atoms with E-state index in [0.717, 1.165) is 4.47 Å². The van der Waals surface area contributed by atoms with Gasteiger partial charge in [0.2, 0.25) is 5.91 Å². The maximum atomic E-state index is 11.4. The summed E-state index contributed by atoms with van der Waals surface area (Å²) in [5, 5.41) is 2.65. The number of halogens is 1. The molecule has 0 radical (unpaired) electrons. The number of carbonyl (C=O) groups excluding carboxylic acids is 1. The van der Waals surface area contributed by atoms with E-state index in [-0.39, 0.29) is 11.3 Å². The summed E-state index contributed by atoms with van der Waals surface area (Å²) in [6, 6.07) is 8.08. The zero-order valence-electron chi connectivity index (χ0n) is 9.30. The maximum Gasteiger partial charge on any atom is 0.220 e. The van der Waals surface area contributed by atoms with Gasteiger partial charge in [-0.1, -0.05) is 41.9 Å². The third kappa shape index (κ3) is 3.34. The van der Waals surface area contributed by atoms with Crippen LogP contribution in [0.4, 0.5) is 0 Å². The Hall–Kier alpha value is -0.830. The minimum atomic E-state index is -0.135. The first-order chi connectivity index (χ1) is 6.95. The van der Waals surface area contributed by atoms with E-state index in [0.29, 0.717) is 6.42 Å². The van der Waals surface area contributed by atoms with E-state index in [9.17, 15) is 4.79 Å². The second-order valence-electron chi connectivity index (χ2n) is 4.24. The lowest BCUT2D eigenvalue weighted by Crippen LogP contribution is -2.28. The number of carbonyl (C=O) groups is 1. The molecule has 0 spiro atoms. The Kier molecular flexibility index (Phi) is 3.91. The van der Waals surface area contributed by atoms with Gasteiger partial charge in [0.1, 0.15) is 0 Å². The second kappa shape index (κ2) is 4.79. The third-order valence-corrected chi connectivity index (χ3v) is 2.98. The topological polar surface area (TPSA) is 29.1 Å². The van der Waals surface area contributed by atoms with Crippen molar-refractivity contribution in [1.82, 2.24) is 5.32 Å². The molecule has 1 rings (SSSR count). The molecule has 1 aromatic rings. The molecule has 0 aromatic heterocycles. The highest BCUT2D eigenvalue weighted by Gasteiger charge is 2.23. The molecule has 1 amide bonds. The van der Waals surface area contributed by atoms with Crippen molar-refractivity contribution in [2.75, 3.05) is 7.05 Å². The minimum Gasteiger partial charge on any atom is -0.359 e. The summed E-state index contributed by atoms with van der Waals surface area (Å²) in [5.41, 5.74) is 1.03. The number of benzene rings is 1. The molecule has 0 atom stereocenters. The Morgan fingerprint density at radius 3 is 2.67 bits per heavy atom. The highest BCUT2D eigenvalue weighted by atomic mass is 79.9. The van der Waals surface area contributed by atoms with Gasteiger partial charge in [0, 0.05) is 17.9 Å². The molecule has 0 fully saturated rings. The van der Waals surface area contributed by atoms with Crippen LogP contribution in [0.15, 0.2) is 28.7 Å². The van der Waals surface area contributed by atoms with Gasteiger partial charge in [0.15, 0.2) is 0 Å². The molecule has 1 N–H and O–H groups in total. The molecule has 3 heteroatoms. The Labute approximate surface area is 99.2 Å². The third-order valence-electron chi connectivity index (χ3n) is 2.49. The van der Waals surface area contributed by atoms with Crippen molar-refractivity contribution >= 4 is 21.8 Å². The first-order valence-electron chi connectivity index (χ1n) is 4.92. The molecular formula is C12H16BrNO. The summed E-state index contributed by atoms with van der Waals surface area (Å²) in [7, 11) is 1.67. The average molecular weight is 270 g/mol. The molecule has 82 valence electrons. The van der Waals surface area contributed by atoms with E-state index in [4.69, 9.17) is 0 Å². The number of hydrogen-bond acceptors (Lipinski definition) is 1. The molecule has 2 nitrogen and oxygen atoms in total. The maximum absolute atomic E-state index is 11.4. The SMILES string of the molecule is CNC(=O)CC(C)(C)c1cccc(Br)c1. The lowest BCUT2D eigenvalue weighted by molar-refractivity contribution is -0.121. The van der Waals surface area contributed by atoms with Gasteiger partial charge in [-0.2, -0.15) is 0 Å². The zero-order chi connectivity index (χ0) is 11.5. The van der Waals surface area contributed by atoms with E-state index in [2.05, 4.69) is 41.2 Å². The first kappa shape index (κ1) is 12.2. The molecule has 0 unspecified atom stereocenters.